The van der Waals surface area contributed by atoms with Crippen molar-refractivity contribution >= 4 is 28.4 Å². The van der Waals surface area contributed by atoms with Gasteiger partial charge in [0.25, 0.3) is 0 Å². The molecule has 4 aromatic rings. The first-order chi connectivity index (χ1) is 12.7. The Labute approximate surface area is 147 Å². The Balaban J connectivity index is 1.36. The molecule has 0 saturated carbocycles. The van der Waals surface area contributed by atoms with Gasteiger partial charge in [0.15, 0.2) is 5.65 Å². The van der Waals surface area contributed by atoms with Crippen LogP contribution < -0.4 is 10.6 Å². The fraction of sp³-hybridized carbons (Fsp3) is 0.294. The topological polar surface area (TPSA) is 101 Å². The number of hydrogen-bond donors (Lipinski definition) is 2. The van der Waals surface area contributed by atoms with Gasteiger partial charge in [-0.2, -0.15) is 4.98 Å². The van der Waals surface area contributed by atoms with Crippen LogP contribution >= 0.6 is 0 Å². The maximum absolute atomic E-state index is 13.4. The summed E-state index contributed by atoms with van der Waals surface area (Å²) in [6, 6.07) is 6.53. The van der Waals surface area contributed by atoms with Gasteiger partial charge in [0, 0.05) is 25.1 Å². The van der Waals surface area contributed by atoms with E-state index in [0.717, 1.165) is 48.6 Å². The van der Waals surface area contributed by atoms with E-state index in [1.807, 2.05) is 6.07 Å². The average Bonchev–Trinajstić information content (AvgIpc) is 3.28. The Hall–Kier alpha value is -3.23. The highest BCUT2D eigenvalue weighted by Crippen LogP contribution is 2.30. The van der Waals surface area contributed by atoms with E-state index in [-0.39, 0.29) is 5.82 Å². The van der Waals surface area contributed by atoms with E-state index in [1.54, 1.807) is 16.8 Å². The first kappa shape index (κ1) is 15.1. The van der Waals surface area contributed by atoms with Crippen LogP contribution in [0.1, 0.15) is 24.6 Å². The number of imidazole rings is 1. The zero-order chi connectivity index (χ0) is 17.7. The molecule has 0 bridgehead atoms. The number of H-pyrrole nitrogens is 1. The van der Waals surface area contributed by atoms with E-state index in [0.29, 0.717) is 17.5 Å². The molecular formula is C17H17FN8. The van der Waals surface area contributed by atoms with Crippen molar-refractivity contribution in [2.75, 3.05) is 23.7 Å². The normalized spacial score (nSPS) is 16.0. The third-order valence-corrected chi connectivity index (χ3v) is 4.98. The van der Waals surface area contributed by atoms with Gasteiger partial charge in [-0.15, -0.1) is 10.2 Å². The van der Waals surface area contributed by atoms with Crippen LogP contribution in [0.2, 0.25) is 0 Å². The first-order valence-electron chi connectivity index (χ1n) is 8.54. The van der Waals surface area contributed by atoms with Gasteiger partial charge in [-0.3, -0.25) is 4.40 Å². The molecular weight excluding hydrogens is 335 g/mol. The summed E-state index contributed by atoms with van der Waals surface area (Å²) in [4.78, 5) is 14.5. The third-order valence-electron chi connectivity index (χ3n) is 4.98. The summed E-state index contributed by atoms with van der Waals surface area (Å²) in [7, 11) is 0. The molecule has 0 aliphatic carbocycles. The predicted octanol–water partition coefficient (Wildman–Crippen LogP) is 2.11. The van der Waals surface area contributed by atoms with E-state index < -0.39 is 0 Å². The highest BCUT2D eigenvalue weighted by Gasteiger charge is 2.24. The highest BCUT2D eigenvalue weighted by atomic mass is 19.1. The number of aromatic amines is 1. The molecule has 0 radical (unpaired) electrons. The van der Waals surface area contributed by atoms with Crippen LogP contribution in [-0.4, -0.2) is 42.6 Å². The lowest BCUT2D eigenvalue weighted by atomic mass is 9.96. The summed E-state index contributed by atoms with van der Waals surface area (Å²) in [6.07, 6.45) is 3.42. The van der Waals surface area contributed by atoms with Gasteiger partial charge in [0.05, 0.1) is 11.0 Å². The van der Waals surface area contributed by atoms with E-state index in [4.69, 9.17) is 5.73 Å². The molecule has 3 N–H and O–H groups in total. The summed E-state index contributed by atoms with van der Waals surface area (Å²) in [5.41, 5.74) is 8.22. The molecule has 3 aromatic heterocycles. The quantitative estimate of drug-likeness (QED) is 0.573. The molecule has 0 amide bonds. The number of nitrogens with one attached hydrogen (secondary N) is 1. The standard InChI is InChI=1S/C17H17FN8/c18-11-1-2-12-13(7-11)22-16(21-12)10-3-5-25(6-4-10)14-8-15-24-20-9-26(15)17(19)23-14/h1-2,7-10H,3-6H2,(H2,19,23)(H,21,22). The Morgan fingerprint density at radius 2 is 2.00 bits per heavy atom. The van der Waals surface area contributed by atoms with Gasteiger partial charge in [-0.1, -0.05) is 0 Å². The van der Waals surface area contributed by atoms with Crippen LogP contribution in [0.25, 0.3) is 16.7 Å². The molecule has 4 heterocycles. The number of nitrogen functional groups attached to an aromatic ring is 1. The second-order valence-corrected chi connectivity index (χ2v) is 6.58. The molecule has 0 unspecified atom stereocenters. The van der Waals surface area contributed by atoms with Crippen molar-refractivity contribution in [2.45, 2.75) is 18.8 Å². The van der Waals surface area contributed by atoms with Crippen LogP contribution in [0, 0.1) is 5.82 Å². The molecule has 1 fully saturated rings. The minimum atomic E-state index is -0.255. The Bertz CT molecular complexity index is 1090. The SMILES string of the molecule is Nc1nc(N2CCC(c3nc4ccc(F)cc4[nH]3)CC2)cc2nncn12. The van der Waals surface area contributed by atoms with Gasteiger partial charge in [0.2, 0.25) is 5.95 Å². The minimum absolute atomic E-state index is 0.255. The number of fused-ring (bicyclic) bond motifs is 2. The van der Waals surface area contributed by atoms with E-state index in [1.165, 1.54) is 12.1 Å². The van der Waals surface area contributed by atoms with E-state index >= 15 is 0 Å². The molecule has 1 saturated heterocycles. The van der Waals surface area contributed by atoms with Crippen molar-refractivity contribution in [3.63, 3.8) is 0 Å². The number of halogens is 1. The third kappa shape index (κ3) is 2.43. The number of anilines is 2. The molecule has 1 aliphatic rings. The maximum atomic E-state index is 13.4. The minimum Gasteiger partial charge on any atom is -0.369 e. The van der Waals surface area contributed by atoms with Crippen LogP contribution in [0.4, 0.5) is 16.2 Å². The lowest BCUT2D eigenvalue weighted by Crippen LogP contribution is -2.34. The Kier molecular flexibility index (Phi) is 3.27. The number of hydrogen-bond acceptors (Lipinski definition) is 6. The second kappa shape index (κ2) is 5.65. The zero-order valence-electron chi connectivity index (χ0n) is 13.9. The van der Waals surface area contributed by atoms with Crippen molar-refractivity contribution in [1.29, 1.82) is 0 Å². The van der Waals surface area contributed by atoms with Crippen LogP contribution in [0.3, 0.4) is 0 Å². The van der Waals surface area contributed by atoms with E-state index in [9.17, 15) is 4.39 Å². The van der Waals surface area contributed by atoms with Gasteiger partial charge in [-0.25, -0.2) is 9.37 Å². The maximum Gasteiger partial charge on any atom is 0.209 e. The summed E-state index contributed by atoms with van der Waals surface area (Å²) in [6.45, 7) is 1.68. The lowest BCUT2D eigenvalue weighted by molar-refractivity contribution is 0.487. The lowest BCUT2D eigenvalue weighted by Gasteiger charge is -2.32. The number of nitrogens with two attached hydrogens (primary N) is 1. The molecule has 9 heteroatoms. The smallest absolute Gasteiger partial charge is 0.209 e. The molecule has 0 atom stereocenters. The van der Waals surface area contributed by atoms with Crippen LogP contribution in [0.15, 0.2) is 30.6 Å². The molecule has 26 heavy (non-hydrogen) atoms. The first-order valence-corrected chi connectivity index (χ1v) is 8.54. The number of piperidine rings is 1. The molecule has 1 aromatic carbocycles. The number of rotatable bonds is 2. The van der Waals surface area contributed by atoms with Crippen molar-refractivity contribution in [2.24, 2.45) is 0 Å². The Morgan fingerprint density at radius 3 is 2.85 bits per heavy atom. The van der Waals surface area contributed by atoms with Crippen molar-refractivity contribution < 1.29 is 4.39 Å². The summed E-state index contributed by atoms with van der Waals surface area (Å²) >= 11 is 0. The number of nitrogens with zero attached hydrogens (tertiary/aromatic N) is 6. The summed E-state index contributed by atoms with van der Waals surface area (Å²) in [5, 5.41) is 7.91. The fourth-order valence-electron chi connectivity index (χ4n) is 3.58. The van der Waals surface area contributed by atoms with Crippen molar-refractivity contribution in [1.82, 2.24) is 29.5 Å². The number of benzene rings is 1. The van der Waals surface area contributed by atoms with Crippen molar-refractivity contribution in [3.8, 4) is 0 Å². The summed E-state index contributed by atoms with van der Waals surface area (Å²) in [5.74, 6) is 2.17. The largest absolute Gasteiger partial charge is 0.369 e. The predicted molar refractivity (Wildman–Crippen MR) is 95.4 cm³/mol. The monoisotopic (exact) mass is 352 g/mol. The van der Waals surface area contributed by atoms with Gasteiger partial charge >= 0.3 is 0 Å². The molecule has 132 valence electrons. The number of aromatic nitrogens is 6. The zero-order valence-corrected chi connectivity index (χ0v) is 13.9. The van der Waals surface area contributed by atoms with Gasteiger partial charge in [-0.05, 0) is 31.0 Å². The van der Waals surface area contributed by atoms with Crippen LogP contribution in [-0.2, 0) is 0 Å². The van der Waals surface area contributed by atoms with E-state index in [2.05, 4.69) is 30.0 Å². The molecule has 0 spiro atoms. The van der Waals surface area contributed by atoms with Gasteiger partial charge in [0.1, 0.15) is 23.8 Å². The Morgan fingerprint density at radius 1 is 1.15 bits per heavy atom. The molecule has 1 aliphatic heterocycles. The fourth-order valence-corrected chi connectivity index (χ4v) is 3.58. The van der Waals surface area contributed by atoms with Gasteiger partial charge < -0.3 is 15.6 Å². The van der Waals surface area contributed by atoms with Crippen molar-refractivity contribution in [3.05, 3.63) is 42.2 Å². The highest BCUT2D eigenvalue weighted by molar-refractivity contribution is 5.75. The molecule has 5 rings (SSSR count). The van der Waals surface area contributed by atoms with Crippen LogP contribution in [0.5, 0.6) is 0 Å². The molecule has 8 nitrogen and oxygen atoms in total. The second-order valence-electron chi connectivity index (χ2n) is 6.58. The average molecular weight is 352 g/mol. The summed E-state index contributed by atoms with van der Waals surface area (Å²) < 4.78 is 15.0.